The van der Waals surface area contributed by atoms with Gasteiger partial charge in [0.15, 0.2) is 0 Å². The number of carbonyl (C=O) groups is 1. The van der Waals surface area contributed by atoms with E-state index in [1.807, 2.05) is 18.4 Å². The third-order valence-electron chi connectivity index (χ3n) is 3.31. The number of nitrogens with zero attached hydrogens (tertiary/aromatic N) is 1. The summed E-state index contributed by atoms with van der Waals surface area (Å²) in [5.41, 5.74) is 6.82. The summed E-state index contributed by atoms with van der Waals surface area (Å²) in [6.45, 7) is 5.08. The summed E-state index contributed by atoms with van der Waals surface area (Å²) in [6, 6.07) is 1.83. The van der Waals surface area contributed by atoms with Gasteiger partial charge in [-0.2, -0.15) is 0 Å². The van der Waals surface area contributed by atoms with E-state index in [4.69, 9.17) is 15.2 Å². The van der Waals surface area contributed by atoms with E-state index in [2.05, 4.69) is 0 Å². The molecule has 1 aromatic rings. The van der Waals surface area contributed by atoms with E-state index in [1.165, 1.54) is 0 Å². The normalized spacial score (nSPS) is 19.6. The van der Waals surface area contributed by atoms with Crippen molar-refractivity contribution in [1.82, 2.24) is 4.57 Å². The SMILES string of the molecule is CC(C)n1cc(N)cc1C(=O)OCC1CCCCO1. The monoisotopic (exact) mass is 266 g/mol. The first-order chi connectivity index (χ1) is 9.08. The van der Waals surface area contributed by atoms with Gasteiger partial charge in [-0.15, -0.1) is 0 Å². The topological polar surface area (TPSA) is 66.5 Å². The predicted molar refractivity (Wildman–Crippen MR) is 73.1 cm³/mol. The van der Waals surface area contributed by atoms with Crippen LogP contribution < -0.4 is 5.73 Å². The second kappa shape index (κ2) is 6.10. The number of ether oxygens (including phenoxy) is 2. The van der Waals surface area contributed by atoms with E-state index in [0.717, 1.165) is 25.9 Å². The smallest absolute Gasteiger partial charge is 0.355 e. The summed E-state index contributed by atoms with van der Waals surface area (Å²) in [7, 11) is 0. The molecule has 2 heterocycles. The Bertz CT molecular complexity index is 434. The highest BCUT2D eigenvalue weighted by atomic mass is 16.6. The fourth-order valence-corrected chi connectivity index (χ4v) is 2.27. The van der Waals surface area contributed by atoms with Gasteiger partial charge in [-0.25, -0.2) is 4.79 Å². The number of hydrogen-bond acceptors (Lipinski definition) is 4. The average Bonchev–Trinajstić information content (AvgIpc) is 2.79. The second-order valence-electron chi connectivity index (χ2n) is 5.25. The molecular formula is C14H22N2O3. The lowest BCUT2D eigenvalue weighted by molar-refractivity contribution is -0.0304. The molecule has 0 amide bonds. The van der Waals surface area contributed by atoms with E-state index < -0.39 is 0 Å². The summed E-state index contributed by atoms with van der Waals surface area (Å²) in [4.78, 5) is 12.1. The molecule has 1 atom stereocenters. The van der Waals surface area contributed by atoms with Crippen LogP contribution in [0.4, 0.5) is 5.69 Å². The third kappa shape index (κ3) is 3.50. The van der Waals surface area contributed by atoms with Crippen LogP contribution in [0.3, 0.4) is 0 Å². The summed E-state index contributed by atoms with van der Waals surface area (Å²) < 4.78 is 12.7. The van der Waals surface area contributed by atoms with Crippen LogP contribution in [0.5, 0.6) is 0 Å². The maximum Gasteiger partial charge on any atom is 0.355 e. The number of nitrogen functional groups attached to an aromatic ring is 1. The molecule has 106 valence electrons. The molecule has 2 rings (SSSR count). The first-order valence-corrected chi connectivity index (χ1v) is 6.84. The zero-order valence-corrected chi connectivity index (χ0v) is 11.6. The molecule has 0 spiro atoms. The van der Waals surface area contributed by atoms with Crippen molar-refractivity contribution in [1.29, 1.82) is 0 Å². The van der Waals surface area contributed by atoms with Crippen molar-refractivity contribution in [2.24, 2.45) is 0 Å². The van der Waals surface area contributed by atoms with Crippen LogP contribution in [-0.2, 0) is 9.47 Å². The fourth-order valence-electron chi connectivity index (χ4n) is 2.27. The Morgan fingerprint density at radius 2 is 2.37 bits per heavy atom. The van der Waals surface area contributed by atoms with Crippen LogP contribution >= 0.6 is 0 Å². The van der Waals surface area contributed by atoms with Gasteiger partial charge < -0.3 is 19.8 Å². The van der Waals surface area contributed by atoms with Crippen LogP contribution in [0.15, 0.2) is 12.3 Å². The van der Waals surface area contributed by atoms with E-state index >= 15 is 0 Å². The molecule has 1 aliphatic heterocycles. The molecule has 1 aliphatic rings. The van der Waals surface area contributed by atoms with Gasteiger partial charge in [0.2, 0.25) is 0 Å². The lowest BCUT2D eigenvalue weighted by Crippen LogP contribution is -2.26. The molecular weight excluding hydrogens is 244 g/mol. The summed E-state index contributed by atoms with van der Waals surface area (Å²) in [5, 5.41) is 0. The van der Waals surface area contributed by atoms with E-state index in [0.29, 0.717) is 18.0 Å². The number of esters is 1. The zero-order chi connectivity index (χ0) is 13.8. The van der Waals surface area contributed by atoms with Gasteiger partial charge in [-0.05, 0) is 39.2 Å². The third-order valence-corrected chi connectivity index (χ3v) is 3.31. The van der Waals surface area contributed by atoms with Gasteiger partial charge in [0.25, 0.3) is 0 Å². The zero-order valence-electron chi connectivity index (χ0n) is 11.6. The first kappa shape index (κ1) is 13.9. The molecule has 0 radical (unpaired) electrons. The van der Waals surface area contributed by atoms with Gasteiger partial charge in [0.1, 0.15) is 12.3 Å². The molecule has 19 heavy (non-hydrogen) atoms. The van der Waals surface area contributed by atoms with E-state index in [1.54, 1.807) is 12.3 Å². The van der Waals surface area contributed by atoms with Crippen molar-refractivity contribution < 1.29 is 14.3 Å². The number of carbonyl (C=O) groups excluding carboxylic acids is 1. The van der Waals surface area contributed by atoms with Crippen LogP contribution in [0.2, 0.25) is 0 Å². The Morgan fingerprint density at radius 3 is 3.00 bits per heavy atom. The van der Waals surface area contributed by atoms with Gasteiger partial charge in [0, 0.05) is 18.8 Å². The molecule has 0 bridgehead atoms. The summed E-state index contributed by atoms with van der Waals surface area (Å²) in [5.74, 6) is -0.334. The second-order valence-corrected chi connectivity index (χ2v) is 5.25. The molecule has 1 aromatic heterocycles. The van der Waals surface area contributed by atoms with Gasteiger partial charge in [-0.3, -0.25) is 0 Å². The van der Waals surface area contributed by atoms with Crippen LogP contribution in [-0.4, -0.2) is 29.9 Å². The van der Waals surface area contributed by atoms with E-state index in [9.17, 15) is 4.79 Å². The average molecular weight is 266 g/mol. The summed E-state index contributed by atoms with van der Waals surface area (Å²) >= 11 is 0. The highest BCUT2D eigenvalue weighted by Gasteiger charge is 2.20. The minimum atomic E-state index is -0.334. The largest absolute Gasteiger partial charge is 0.458 e. The maximum absolute atomic E-state index is 12.1. The quantitative estimate of drug-likeness (QED) is 0.850. The van der Waals surface area contributed by atoms with Gasteiger partial charge in [-0.1, -0.05) is 0 Å². The van der Waals surface area contributed by atoms with Crippen molar-refractivity contribution in [3.8, 4) is 0 Å². The Morgan fingerprint density at radius 1 is 1.58 bits per heavy atom. The molecule has 0 aromatic carbocycles. The molecule has 1 unspecified atom stereocenters. The molecule has 2 N–H and O–H groups in total. The van der Waals surface area contributed by atoms with Crippen LogP contribution in [0.25, 0.3) is 0 Å². The maximum atomic E-state index is 12.1. The van der Waals surface area contributed by atoms with Gasteiger partial charge >= 0.3 is 5.97 Å². The lowest BCUT2D eigenvalue weighted by atomic mass is 10.1. The first-order valence-electron chi connectivity index (χ1n) is 6.84. The minimum absolute atomic E-state index is 0.0394. The molecule has 0 saturated carbocycles. The standard InChI is InChI=1S/C14H22N2O3/c1-10(2)16-8-11(15)7-13(16)14(17)19-9-12-5-3-4-6-18-12/h7-8,10,12H,3-6,9,15H2,1-2H3. The molecule has 5 nitrogen and oxygen atoms in total. The number of rotatable bonds is 4. The van der Waals surface area contributed by atoms with Crippen molar-refractivity contribution in [3.05, 3.63) is 18.0 Å². The van der Waals surface area contributed by atoms with Gasteiger partial charge in [0.05, 0.1) is 11.8 Å². The molecule has 5 heteroatoms. The molecule has 1 saturated heterocycles. The number of anilines is 1. The van der Waals surface area contributed by atoms with Crippen molar-refractivity contribution in [2.75, 3.05) is 18.9 Å². The lowest BCUT2D eigenvalue weighted by Gasteiger charge is -2.22. The highest BCUT2D eigenvalue weighted by Crippen LogP contribution is 2.18. The number of hydrogen-bond donors (Lipinski definition) is 1. The van der Waals surface area contributed by atoms with Crippen molar-refractivity contribution >= 4 is 11.7 Å². The molecule has 0 aliphatic carbocycles. The minimum Gasteiger partial charge on any atom is -0.458 e. The number of aromatic nitrogens is 1. The predicted octanol–water partition coefficient (Wildman–Crippen LogP) is 2.38. The Labute approximate surface area is 113 Å². The van der Waals surface area contributed by atoms with Crippen molar-refractivity contribution in [3.63, 3.8) is 0 Å². The van der Waals surface area contributed by atoms with E-state index in [-0.39, 0.29) is 18.1 Å². The van der Waals surface area contributed by atoms with Crippen LogP contribution in [0, 0.1) is 0 Å². The number of nitrogens with two attached hydrogens (primary N) is 1. The van der Waals surface area contributed by atoms with Crippen LogP contribution in [0.1, 0.15) is 49.6 Å². The van der Waals surface area contributed by atoms with Crippen molar-refractivity contribution in [2.45, 2.75) is 45.3 Å². The Hall–Kier alpha value is -1.49. The summed E-state index contributed by atoms with van der Waals surface area (Å²) in [6.07, 6.45) is 4.99. The highest BCUT2D eigenvalue weighted by molar-refractivity contribution is 5.89. The molecule has 1 fully saturated rings. The Balaban J connectivity index is 1.95. The Kier molecular flexibility index (Phi) is 4.47. The fraction of sp³-hybridized carbons (Fsp3) is 0.643.